The first-order chi connectivity index (χ1) is 11.5. The highest BCUT2D eigenvalue weighted by atomic mass is 16.5. The van der Waals surface area contributed by atoms with E-state index in [1.165, 1.54) is 16.6 Å². The molecule has 1 aromatic heterocycles. The summed E-state index contributed by atoms with van der Waals surface area (Å²) in [6.07, 6.45) is 1.46. The van der Waals surface area contributed by atoms with Gasteiger partial charge in [-0.25, -0.2) is 9.13 Å². The molecule has 4 heteroatoms. The van der Waals surface area contributed by atoms with Gasteiger partial charge in [0.1, 0.15) is 25.0 Å². The quantitative estimate of drug-likeness (QED) is 0.733. The summed E-state index contributed by atoms with van der Waals surface area (Å²) in [5, 5.41) is 10.4. The number of fused-ring (bicyclic) bond motifs is 1. The molecule has 4 nitrogen and oxygen atoms in total. The molecular formula is C20H25N2O2+. The van der Waals surface area contributed by atoms with Crippen molar-refractivity contribution in [3.63, 3.8) is 0 Å². The van der Waals surface area contributed by atoms with Gasteiger partial charge >= 0.3 is 0 Å². The van der Waals surface area contributed by atoms with Crippen molar-refractivity contribution >= 4 is 11.0 Å². The van der Waals surface area contributed by atoms with Crippen LogP contribution in [0.25, 0.3) is 11.0 Å². The third-order valence-electron chi connectivity index (χ3n) is 4.53. The lowest BCUT2D eigenvalue weighted by molar-refractivity contribution is -0.645. The van der Waals surface area contributed by atoms with E-state index in [4.69, 9.17) is 4.74 Å². The van der Waals surface area contributed by atoms with Crippen LogP contribution >= 0.6 is 0 Å². The molecule has 0 aliphatic carbocycles. The maximum absolute atomic E-state index is 10.4. The van der Waals surface area contributed by atoms with Gasteiger partial charge in [-0.3, -0.25) is 0 Å². The molecule has 1 N–H and O–H groups in total. The first kappa shape index (κ1) is 16.5. The number of rotatable bonds is 5. The zero-order chi connectivity index (χ0) is 17.3. The van der Waals surface area contributed by atoms with E-state index in [-0.39, 0.29) is 6.61 Å². The van der Waals surface area contributed by atoms with Crippen LogP contribution in [0.1, 0.15) is 16.7 Å². The van der Waals surface area contributed by atoms with Gasteiger partial charge in [-0.15, -0.1) is 0 Å². The summed E-state index contributed by atoms with van der Waals surface area (Å²) < 4.78 is 9.95. The second-order valence-corrected chi connectivity index (χ2v) is 6.53. The van der Waals surface area contributed by atoms with Crippen LogP contribution in [-0.2, 0) is 13.6 Å². The van der Waals surface area contributed by atoms with Gasteiger partial charge in [-0.1, -0.05) is 18.2 Å². The lowest BCUT2D eigenvalue weighted by Crippen LogP contribution is -2.27. The van der Waals surface area contributed by atoms with Crippen LogP contribution in [0.3, 0.4) is 0 Å². The van der Waals surface area contributed by atoms with Crippen molar-refractivity contribution in [2.45, 2.75) is 33.4 Å². The van der Waals surface area contributed by atoms with Crippen LogP contribution in [0.4, 0.5) is 0 Å². The standard InChI is InChI=1S/C20H25N2O2/c1-14-7-5-6-8-20(14)24-12-17(23)11-22-13-21(4)18-9-15(2)16(3)10-19(18)22/h5-10,13,17,23H,11-12H2,1-4H3/q+1/t17-/m0/s1. The number of aryl methyl sites for hydroxylation is 4. The summed E-state index contributed by atoms with van der Waals surface area (Å²) in [7, 11) is 2.03. The molecule has 0 spiro atoms. The number of imidazole rings is 1. The maximum atomic E-state index is 10.4. The van der Waals surface area contributed by atoms with Crippen molar-refractivity contribution in [1.29, 1.82) is 0 Å². The second kappa shape index (κ2) is 6.65. The van der Waals surface area contributed by atoms with Crippen molar-refractivity contribution < 1.29 is 14.4 Å². The summed E-state index contributed by atoms with van der Waals surface area (Å²) >= 11 is 0. The van der Waals surface area contributed by atoms with Gasteiger partial charge in [-0.05, 0) is 55.7 Å². The van der Waals surface area contributed by atoms with E-state index in [2.05, 4.69) is 35.1 Å². The molecule has 126 valence electrons. The minimum Gasteiger partial charge on any atom is -0.490 e. The molecule has 0 aliphatic rings. The normalized spacial score (nSPS) is 12.5. The lowest BCUT2D eigenvalue weighted by Gasteiger charge is -2.12. The number of aromatic nitrogens is 2. The molecule has 1 atom stereocenters. The summed E-state index contributed by atoms with van der Waals surface area (Å²) in [5.74, 6) is 0.825. The molecule has 0 aliphatic heterocycles. The molecule has 0 saturated carbocycles. The number of nitrogens with zero attached hydrogens (tertiary/aromatic N) is 2. The summed E-state index contributed by atoms with van der Waals surface area (Å²) in [5.41, 5.74) is 5.92. The van der Waals surface area contributed by atoms with Gasteiger partial charge in [0.25, 0.3) is 0 Å². The largest absolute Gasteiger partial charge is 0.490 e. The second-order valence-electron chi connectivity index (χ2n) is 6.53. The molecule has 0 amide bonds. The molecule has 0 radical (unpaired) electrons. The Morgan fingerprint density at radius 1 is 1.08 bits per heavy atom. The van der Waals surface area contributed by atoms with Gasteiger partial charge < -0.3 is 9.84 Å². The smallest absolute Gasteiger partial charge is 0.244 e. The van der Waals surface area contributed by atoms with Crippen molar-refractivity contribution in [1.82, 2.24) is 4.57 Å². The molecule has 0 saturated heterocycles. The number of hydrogen-bond acceptors (Lipinski definition) is 2. The fraction of sp³-hybridized carbons (Fsp3) is 0.350. The maximum Gasteiger partial charge on any atom is 0.244 e. The van der Waals surface area contributed by atoms with E-state index in [0.717, 1.165) is 16.8 Å². The minimum absolute atomic E-state index is 0.277. The van der Waals surface area contributed by atoms with Crippen LogP contribution in [0.15, 0.2) is 42.7 Å². The third-order valence-corrected chi connectivity index (χ3v) is 4.53. The van der Waals surface area contributed by atoms with Gasteiger partial charge in [0.05, 0.1) is 7.05 Å². The van der Waals surface area contributed by atoms with Crippen LogP contribution in [-0.4, -0.2) is 22.4 Å². The highest BCUT2D eigenvalue weighted by Gasteiger charge is 2.18. The molecule has 3 rings (SSSR count). The average Bonchev–Trinajstić information content (AvgIpc) is 2.83. The SMILES string of the molecule is Cc1cc2c(cc1C)[n+](C)cn2C[C@H](O)COc1ccccc1C. The predicted octanol–water partition coefficient (Wildman–Crippen LogP) is 2.83. The Balaban J connectivity index is 1.75. The third kappa shape index (κ3) is 3.29. The zero-order valence-electron chi connectivity index (χ0n) is 14.8. The van der Waals surface area contributed by atoms with Gasteiger partial charge in [-0.2, -0.15) is 0 Å². The van der Waals surface area contributed by atoms with Crippen LogP contribution in [0, 0.1) is 20.8 Å². The van der Waals surface area contributed by atoms with E-state index in [1.807, 2.05) is 44.6 Å². The Bertz CT molecular complexity index is 867. The monoisotopic (exact) mass is 325 g/mol. The Morgan fingerprint density at radius 3 is 2.54 bits per heavy atom. The minimum atomic E-state index is -0.568. The predicted molar refractivity (Wildman–Crippen MR) is 95.3 cm³/mol. The number of hydrogen-bond donors (Lipinski definition) is 1. The number of aliphatic hydroxyl groups excluding tert-OH is 1. The van der Waals surface area contributed by atoms with Gasteiger partial charge in [0, 0.05) is 0 Å². The van der Waals surface area contributed by atoms with Crippen LogP contribution in [0.5, 0.6) is 5.75 Å². The Labute approximate surface area is 142 Å². The summed E-state index contributed by atoms with van der Waals surface area (Å²) in [6.45, 7) is 7.03. The van der Waals surface area contributed by atoms with E-state index in [0.29, 0.717) is 6.54 Å². The molecule has 2 aromatic carbocycles. The Hall–Kier alpha value is -2.33. The van der Waals surface area contributed by atoms with E-state index >= 15 is 0 Å². The molecule has 24 heavy (non-hydrogen) atoms. The number of aliphatic hydroxyl groups is 1. The molecule has 0 bridgehead atoms. The van der Waals surface area contributed by atoms with E-state index in [1.54, 1.807) is 0 Å². The fourth-order valence-electron chi connectivity index (χ4n) is 2.96. The summed E-state index contributed by atoms with van der Waals surface area (Å²) in [4.78, 5) is 0. The van der Waals surface area contributed by atoms with Crippen molar-refractivity contribution in [3.05, 3.63) is 59.4 Å². The topological polar surface area (TPSA) is 38.3 Å². The Morgan fingerprint density at radius 2 is 1.79 bits per heavy atom. The van der Waals surface area contributed by atoms with Crippen molar-refractivity contribution in [2.75, 3.05) is 6.61 Å². The lowest BCUT2D eigenvalue weighted by atomic mass is 10.1. The number of para-hydroxylation sites is 1. The highest BCUT2D eigenvalue weighted by molar-refractivity contribution is 5.74. The molecule has 3 aromatic rings. The molecule has 1 heterocycles. The number of ether oxygens (including phenoxy) is 1. The average molecular weight is 325 g/mol. The van der Waals surface area contributed by atoms with Crippen molar-refractivity contribution in [2.24, 2.45) is 7.05 Å². The zero-order valence-corrected chi connectivity index (χ0v) is 14.8. The fourth-order valence-corrected chi connectivity index (χ4v) is 2.96. The first-order valence-corrected chi connectivity index (χ1v) is 8.28. The van der Waals surface area contributed by atoms with Crippen LogP contribution < -0.4 is 9.30 Å². The summed E-state index contributed by atoms with van der Waals surface area (Å²) in [6, 6.07) is 12.2. The Kier molecular flexibility index (Phi) is 4.58. The van der Waals surface area contributed by atoms with Gasteiger partial charge in [0.15, 0.2) is 11.0 Å². The molecule has 0 unspecified atom stereocenters. The van der Waals surface area contributed by atoms with Gasteiger partial charge in [0.2, 0.25) is 6.33 Å². The first-order valence-electron chi connectivity index (χ1n) is 8.28. The van der Waals surface area contributed by atoms with E-state index in [9.17, 15) is 5.11 Å². The highest BCUT2D eigenvalue weighted by Crippen LogP contribution is 2.19. The molecular weight excluding hydrogens is 300 g/mol. The van der Waals surface area contributed by atoms with E-state index < -0.39 is 6.10 Å². The van der Waals surface area contributed by atoms with Crippen molar-refractivity contribution in [3.8, 4) is 5.75 Å². The molecule has 0 fully saturated rings. The van der Waals surface area contributed by atoms with Crippen LogP contribution in [0.2, 0.25) is 0 Å². The number of benzene rings is 2.